The number of ether oxygens (including phenoxy) is 2. The summed E-state index contributed by atoms with van der Waals surface area (Å²) in [5, 5.41) is 13.4. The van der Waals surface area contributed by atoms with Crippen LogP contribution < -0.4 is 10.1 Å². The van der Waals surface area contributed by atoms with Crippen LogP contribution in [-0.2, 0) is 4.74 Å². The number of β-amino-alcohol motifs (C(OH)–C–C–N with tert-alkyl or cyclic N) is 1. The zero-order valence-corrected chi connectivity index (χ0v) is 15.6. The number of aliphatic hydroxyl groups is 1. The average molecular weight is 341 g/mol. The van der Waals surface area contributed by atoms with Gasteiger partial charge in [-0.1, -0.05) is 20.8 Å². The highest BCUT2D eigenvalue weighted by Gasteiger charge is 2.25. The number of hydrogen-bond acceptors (Lipinski definition) is 4. The van der Waals surface area contributed by atoms with Crippen molar-refractivity contribution in [3.05, 3.63) is 30.1 Å². The fourth-order valence-corrected chi connectivity index (χ4v) is 2.81. The first-order chi connectivity index (χ1) is 11.1. The van der Waals surface area contributed by atoms with E-state index < -0.39 is 6.10 Å². The molecule has 0 amide bonds. The van der Waals surface area contributed by atoms with Crippen LogP contribution in [0.4, 0.5) is 4.39 Å². The standard InChI is InChI=1S/C19H32FNO3/c1-18(2,3)14-19(4,5)21-12-16(22)13-23-10-11-24-17-8-6-15(20)7-9-17/h6-9,16,21-22H,10-14H2,1-5H3. The van der Waals surface area contributed by atoms with E-state index in [0.717, 1.165) is 6.42 Å². The molecule has 1 atom stereocenters. The van der Waals surface area contributed by atoms with Gasteiger partial charge in [-0.25, -0.2) is 4.39 Å². The second-order valence-corrected chi connectivity index (χ2v) is 8.03. The Morgan fingerprint density at radius 2 is 1.71 bits per heavy atom. The van der Waals surface area contributed by atoms with Crippen molar-refractivity contribution in [3.8, 4) is 5.75 Å². The Morgan fingerprint density at radius 3 is 2.29 bits per heavy atom. The maximum atomic E-state index is 12.8. The first kappa shape index (κ1) is 20.9. The van der Waals surface area contributed by atoms with Crippen LogP contribution in [0.15, 0.2) is 24.3 Å². The summed E-state index contributed by atoms with van der Waals surface area (Å²) in [6.07, 6.45) is 0.453. The first-order valence-corrected chi connectivity index (χ1v) is 8.47. The summed E-state index contributed by atoms with van der Waals surface area (Å²) in [6.45, 7) is 12.4. The Balaban J connectivity index is 2.13. The highest BCUT2D eigenvalue weighted by atomic mass is 19.1. The third kappa shape index (κ3) is 9.85. The van der Waals surface area contributed by atoms with Crippen LogP contribution in [0.25, 0.3) is 0 Å². The second kappa shape index (κ2) is 9.35. The maximum absolute atomic E-state index is 12.8. The molecule has 0 aromatic heterocycles. The van der Waals surface area contributed by atoms with Gasteiger partial charge < -0.3 is 19.9 Å². The van der Waals surface area contributed by atoms with E-state index in [9.17, 15) is 9.50 Å². The predicted octanol–water partition coefficient (Wildman–Crippen LogP) is 3.39. The number of hydrogen-bond donors (Lipinski definition) is 2. The molecule has 24 heavy (non-hydrogen) atoms. The van der Waals surface area contributed by atoms with Gasteiger partial charge in [0.25, 0.3) is 0 Å². The Morgan fingerprint density at radius 1 is 1.08 bits per heavy atom. The van der Waals surface area contributed by atoms with Crippen molar-refractivity contribution in [2.24, 2.45) is 5.41 Å². The summed E-state index contributed by atoms with van der Waals surface area (Å²) in [7, 11) is 0. The van der Waals surface area contributed by atoms with Crippen LogP contribution in [0.3, 0.4) is 0 Å². The lowest BCUT2D eigenvalue weighted by Gasteiger charge is -2.34. The van der Waals surface area contributed by atoms with Crippen LogP contribution in [0.5, 0.6) is 5.75 Å². The SMILES string of the molecule is CC(C)(C)CC(C)(C)NCC(O)COCCOc1ccc(F)cc1. The van der Waals surface area contributed by atoms with Crippen molar-refractivity contribution in [2.45, 2.75) is 52.7 Å². The highest BCUT2D eigenvalue weighted by Crippen LogP contribution is 2.26. The number of benzene rings is 1. The lowest BCUT2D eigenvalue weighted by atomic mass is 9.82. The predicted molar refractivity (Wildman–Crippen MR) is 94.9 cm³/mol. The Bertz CT molecular complexity index is 468. The molecular formula is C19H32FNO3. The molecule has 138 valence electrons. The molecule has 0 fully saturated rings. The molecule has 4 nitrogen and oxygen atoms in total. The minimum absolute atomic E-state index is 0.0368. The summed E-state index contributed by atoms with van der Waals surface area (Å²) in [5.41, 5.74) is 0.195. The van der Waals surface area contributed by atoms with Crippen molar-refractivity contribution in [1.29, 1.82) is 0 Å². The summed E-state index contributed by atoms with van der Waals surface area (Å²) in [6, 6.07) is 5.85. The summed E-state index contributed by atoms with van der Waals surface area (Å²) in [4.78, 5) is 0. The van der Waals surface area contributed by atoms with E-state index in [1.165, 1.54) is 12.1 Å². The third-order valence-corrected chi connectivity index (χ3v) is 3.41. The summed E-state index contributed by atoms with van der Waals surface area (Å²) < 4.78 is 23.6. The van der Waals surface area contributed by atoms with E-state index in [-0.39, 0.29) is 23.4 Å². The average Bonchev–Trinajstić information content (AvgIpc) is 2.44. The van der Waals surface area contributed by atoms with Gasteiger partial charge in [0.05, 0.1) is 19.3 Å². The van der Waals surface area contributed by atoms with Gasteiger partial charge in [-0.3, -0.25) is 0 Å². The molecule has 0 aliphatic heterocycles. The number of aliphatic hydroxyl groups excluding tert-OH is 1. The molecule has 0 radical (unpaired) electrons. The molecule has 0 saturated heterocycles. The molecule has 2 N–H and O–H groups in total. The van der Waals surface area contributed by atoms with E-state index in [1.54, 1.807) is 12.1 Å². The van der Waals surface area contributed by atoms with E-state index in [2.05, 4.69) is 39.9 Å². The van der Waals surface area contributed by atoms with E-state index in [0.29, 0.717) is 25.5 Å². The van der Waals surface area contributed by atoms with Crippen LogP contribution in [-0.4, -0.2) is 43.1 Å². The lowest BCUT2D eigenvalue weighted by molar-refractivity contribution is 0.0211. The quantitative estimate of drug-likeness (QED) is 0.641. The molecule has 0 spiro atoms. The maximum Gasteiger partial charge on any atom is 0.123 e. The van der Waals surface area contributed by atoms with Crippen molar-refractivity contribution in [1.82, 2.24) is 5.32 Å². The normalized spacial score (nSPS) is 13.8. The van der Waals surface area contributed by atoms with E-state index in [1.807, 2.05) is 0 Å². The minimum atomic E-state index is -0.560. The van der Waals surface area contributed by atoms with E-state index >= 15 is 0 Å². The fourth-order valence-electron chi connectivity index (χ4n) is 2.81. The number of rotatable bonds is 10. The molecule has 1 unspecified atom stereocenters. The summed E-state index contributed by atoms with van der Waals surface area (Å²) >= 11 is 0. The molecule has 1 aromatic carbocycles. The highest BCUT2D eigenvalue weighted by molar-refractivity contribution is 5.21. The van der Waals surface area contributed by atoms with Crippen LogP contribution >= 0.6 is 0 Å². The van der Waals surface area contributed by atoms with E-state index in [4.69, 9.17) is 9.47 Å². The molecule has 0 heterocycles. The van der Waals surface area contributed by atoms with Gasteiger partial charge in [0.1, 0.15) is 18.2 Å². The second-order valence-electron chi connectivity index (χ2n) is 8.03. The smallest absolute Gasteiger partial charge is 0.123 e. The van der Waals surface area contributed by atoms with Crippen molar-refractivity contribution < 1.29 is 19.0 Å². The Hall–Kier alpha value is -1.17. The molecule has 1 aromatic rings. The Labute approximate surface area is 145 Å². The monoisotopic (exact) mass is 341 g/mol. The molecule has 0 saturated carbocycles. The topological polar surface area (TPSA) is 50.7 Å². The molecule has 1 rings (SSSR count). The lowest BCUT2D eigenvalue weighted by Crippen LogP contribution is -2.46. The van der Waals surface area contributed by atoms with Gasteiger partial charge in [-0.15, -0.1) is 0 Å². The van der Waals surface area contributed by atoms with Gasteiger partial charge in [-0.05, 0) is 49.9 Å². The minimum Gasteiger partial charge on any atom is -0.491 e. The van der Waals surface area contributed by atoms with Gasteiger partial charge in [0.15, 0.2) is 0 Å². The largest absolute Gasteiger partial charge is 0.491 e. The zero-order chi connectivity index (χ0) is 18.2. The van der Waals surface area contributed by atoms with Crippen molar-refractivity contribution in [2.75, 3.05) is 26.4 Å². The first-order valence-electron chi connectivity index (χ1n) is 8.47. The number of halogens is 1. The molecule has 5 heteroatoms. The van der Waals surface area contributed by atoms with Gasteiger partial charge in [0, 0.05) is 12.1 Å². The van der Waals surface area contributed by atoms with Crippen molar-refractivity contribution >= 4 is 0 Å². The fraction of sp³-hybridized carbons (Fsp3) is 0.684. The molecular weight excluding hydrogens is 309 g/mol. The van der Waals surface area contributed by atoms with Crippen LogP contribution in [0, 0.1) is 11.2 Å². The van der Waals surface area contributed by atoms with Gasteiger partial charge >= 0.3 is 0 Å². The van der Waals surface area contributed by atoms with Gasteiger partial charge in [0.2, 0.25) is 0 Å². The van der Waals surface area contributed by atoms with Crippen molar-refractivity contribution in [3.63, 3.8) is 0 Å². The molecule has 0 aliphatic carbocycles. The molecule has 0 aliphatic rings. The Kier molecular flexibility index (Phi) is 8.13. The zero-order valence-electron chi connectivity index (χ0n) is 15.6. The third-order valence-electron chi connectivity index (χ3n) is 3.41. The van der Waals surface area contributed by atoms with Crippen LogP contribution in [0.1, 0.15) is 41.0 Å². The van der Waals surface area contributed by atoms with Gasteiger partial charge in [-0.2, -0.15) is 0 Å². The molecule has 0 bridgehead atoms. The number of nitrogens with one attached hydrogen (secondary N) is 1. The van der Waals surface area contributed by atoms with Crippen LogP contribution in [0.2, 0.25) is 0 Å². The summed E-state index contributed by atoms with van der Waals surface area (Å²) in [5.74, 6) is 0.315.